The van der Waals surface area contributed by atoms with Gasteiger partial charge in [-0.25, -0.2) is 0 Å². The minimum atomic E-state index is -0.0535. The van der Waals surface area contributed by atoms with Gasteiger partial charge in [-0.2, -0.15) is 4.99 Å². The molecule has 0 fully saturated rings. The van der Waals surface area contributed by atoms with Gasteiger partial charge in [-0.1, -0.05) is 15.9 Å². The number of aryl methyl sites for hydroxylation is 1. The molecule has 1 aromatic rings. The molecule has 0 unspecified atom stereocenters. The molecule has 1 aromatic carbocycles. The van der Waals surface area contributed by atoms with Crippen molar-refractivity contribution < 1.29 is 0 Å². The van der Waals surface area contributed by atoms with Crippen LogP contribution in [0.4, 0.5) is 5.69 Å². The van der Waals surface area contributed by atoms with Gasteiger partial charge in [0.15, 0.2) is 5.96 Å². The Morgan fingerprint density at radius 1 is 1.47 bits per heavy atom. The summed E-state index contributed by atoms with van der Waals surface area (Å²) in [6.45, 7) is 1.96. The van der Waals surface area contributed by atoms with Gasteiger partial charge in [0, 0.05) is 10.2 Å². The first kappa shape index (κ1) is 11.9. The SMILES string of the molecule is Cc1cc(Br)ccc1NC(=S)N=C(N)N. The van der Waals surface area contributed by atoms with E-state index >= 15 is 0 Å². The van der Waals surface area contributed by atoms with Crippen molar-refractivity contribution in [1.29, 1.82) is 0 Å². The normalized spacial score (nSPS) is 9.47. The molecule has 0 bridgehead atoms. The molecule has 0 saturated carbocycles. The quantitative estimate of drug-likeness (QED) is 0.417. The average molecular weight is 287 g/mol. The van der Waals surface area contributed by atoms with E-state index in [-0.39, 0.29) is 11.1 Å². The van der Waals surface area contributed by atoms with Gasteiger partial charge < -0.3 is 16.8 Å². The van der Waals surface area contributed by atoms with Gasteiger partial charge in [0.2, 0.25) is 5.11 Å². The number of nitrogens with zero attached hydrogens (tertiary/aromatic N) is 1. The van der Waals surface area contributed by atoms with Crippen molar-refractivity contribution in [2.45, 2.75) is 6.92 Å². The number of nitrogens with two attached hydrogens (primary N) is 2. The van der Waals surface area contributed by atoms with Crippen LogP contribution in [0.5, 0.6) is 0 Å². The highest BCUT2D eigenvalue weighted by molar-refractivity contribution is 9.10. The molecule has 0 atom stereocenters. The summed E-state index contributed by atoms with van der Waals surface area (Å²) in [5.41, 5.74) is 12.3. The van der Waals surface area contributed by atoms with E-state index in [0.29, 0.717) is 0 Å². The molecule has 0 amide bonds. The Hall–Kier alpha value is -1.14. The predicted molar refractivity (Wildman–Crippen MR) is 70.9 cm³/mol. The van der Waals surface area contributed by atoms with E-state index in [1.165, 1.54) is 0 Å². The lowest BCUT2D eigenvalue weighted by Crippen LogP contribution is -2.25. The van der Waals surface area contributed by atoms with Crippen LogP contribution >= 0.6 is 28.1 Å². The van der Waals surface area contributed by atoms with Gasteiger partial charge in [0.05, 0.1) is 0 Å². The molecule has 1 rings (SSSR count). The number of halogens is 1. The smallest absolute Gasteiger partial charge is 0.200 e. The Labute approximate surface area is 102 Å². The van der Waals surface area contributed by atoms with Crippen LogP contribution in [0.2, 0.25) is 0 Å². The Morgan fingerprint density at radius 2 is 2.13 bits per heavy atom. The minimum absolute atomic E-state index is 0.0535. The third kappa shape index (κ3) is 3.85. The zero-order valence-electron chi connectivity index (χ0n) is 8.12. The fourth-order valence-corrected chi connectivity index (χ4v) is 1.72. The Morgan fingerprint density at radius 3 is 2.67 bits per heavy atom. The molecule has 15 heavy (non-hydrogen) atoms. The van der Waals surface area contributed by atoms with Crippen LogP contribution in [0.3, 0.4) is 0 Å². The monoisotopic (exact) mass is 286 g/mol. The molecule has 4 nitrogen and oxygen atoms in total. The van der Waals surface area contributed by atoms with Crippen LogP contribution in [0.1, 0.15) is 5.56 Å². The maximum Gasteiger partial charge on any atom is 0.200 e. The first-order chi connectivity index (χ1) is 6.99. The van der Waals surface area contributed by atoms with E-state index in [9.17, 15) is 0 Å². The van der Waals surface area contributed by atoms with Crippen molar-refractivity contribution in [2.75, 3.05) is 5.32 Å². The van der Waals surface area contributed by atoms with Crippen LogP contribution in [0.15, 0.2) is 27.7 Å². The molecule has 0 saturated heterocycles. The highest BCUT2D eigenvalue weighted by Crippen LogP contribution is 2.20. The number of aliphatic imine (C=N–C) groups is 1. The van der Waals surface area contributed by atoms with E-state index < -0.39 is 0 Å². The number of anilines is 1. The number of rotatable bonds is 1. The molecule has 0 aliphatic carbocycles. The van der Waals surface area contributed by atoms with E-state index in [0.717, 1.165) is 15.7 Å². The van der Waals surface area contributed by atoms with Crippen molar-refractivity contribution in [3.63, 3.8) is 0 Å². The molecule has 6 heteroatoms. The summed E-state index contributed by atoms with van der Waals surface area (Å²) in [6, 6.07) is 5.78. The van der Waals surface area contributed by atoms with E-state index in [1.54, 1.807) is 0 Å². The Bertz CT molecular complexity index is 413. The maximum atomic E-state index is 5.20. The number of benzene rings is 1. The van der Waals surface area contributed by atoms with Crippen molar-refractivity contribution in [3.8, 4) is 0 Å². The summed E-state index contributed by atoms with van der Waals surface area (Å²) >= 11 is 8.31. The van der Waals surface area contributed by atoms with Crippen LogP contribution < -0.4 is 16.8 Å². The fraction of sp³-hybridized carbons (Fsp3) is 0.111. The highest BCUT2D eigenvalue weighted by atomic mass is 79.9. The van der Waals surface area contributed by atoms with Gasteiger partial charge in [0.1, 0.15) is 0 Å². The number of nitrogens with one attached hydrogen (secondary N) is 1. The lowest BCUT2D eigenvalue weighted by molar-refractivity contribution is 1.42. The van der Waals surface area contributed by atoms with E-state index in [4.69, 9.17) is 23.7 Å². The third-order valence-electron chi connectivity index (χ3n) is 1.66. The summed E-state index contributed by atoms with van der Waals surface area (Å²) in [7, 11) is 0. The molecule has 0 spiro atoms. The topological polar surface area (TPSA) is 76.4 Å². The summed E-state index contributed by atoms with van der Waals surface area (Å²) in [6.07, 6.45) is 0. The second-order valence-electron chi connectivity index (χ2n) is 2.93. The fourth-order valence-electron chi connectivity index (χ4n) is 1.03. The first-order valence-corrected chi connectivity index (χ1v) is 5.36. The van der Waals surface area contributed by atoms with E-state index in [1.807, 2.05) is 25.1 Å². The molecule has 0 aromatic heterocycles. The third-order valence-corrected chi connectivity index (χ3v) is 2.35. The summed E-state index contributed by atoms with van der Waals surface area (Å²) < 4.78 is 1.01. The molecule has 0 heterocycles. The molecular weight excluding hydrogens is 276 g/mol. The number of guanidine groups is 1. The number of hydrogen-bond acceptors (Lipinski definition) is 1. The van der Waals surface area contributed by atoms with Crippen LogP contribution in [0.25, 0.3) is 0 Å². The van der Waals surface area contributed by atoms with Crippen LogP contribution in [-0.2, 0) is 0 Å². The zero-order chi connectivity index (χ0) is 11.4. The predicted octanol–water partition coefficient (Wildman–Crippen LogP) is 1.73. The summed E-state index contributed by atoms with van der Waals surface area (Å²) in [5.74, 6) is -0.0535. The van der Waals surface area contributed by atoms with E-state index in [2.05, 4.69) is 26.2 Å². The molecule has 0 radical (unpaired) electrons. The van der Waals surface area contributed by atoms with Gasteiger partial charge in [-0.3, -0.25) is 0 Å². The molecular formula is C9H11BrN4S. The number of hydrogen-bond donors (Lipinski definition) is 3. The van der Waals surface area contributed by atoms with Crippen LogP contribution in [-0.4, -0.2) is 11.1 Å². The second kappa shape index (κ2) is 5.09. The minimum Gasteiger partial charge on any atom is -0.370 e. The largest absolute Gasteiger partial charge is 0.370 e. The van der Waals surface area contributed by atoms with Gasteiger partial charge >= 0.3 is 0 Å². The van der Waals surface area contributed by atoms with Crippen molar-refractivity contribution in [1.82, 2.24) is 0 Å². The lowest BCUT2D eigenvalue weighted by atomic mass is 10.2. The first-order valence-electron chi connectivity index (χ1n) is 4.16. The van der Waals surface area contributed by atoms with Gasteiger partial charge in [-0.05, 0) is 42.9 Å². The maximum absolute atomic E-state index is 5.20. The van der Waals surface area contributed by atoms with Gasteiger partial charge in [-0.15, -0.1) is 0 Å². The van der Waals surface area contributed by atoms with Gasteiger partial charge in [0.25, 0.3) is 0 Å². The molecule has 80 valence electrons. The lowest BCUT2D eigenvalue weighted by Gasteiger charge is -2.07. The zero-order valence-corrected chi connectivity index (χ0v) is 10.5. The average Bonchev–Trinajstić information content (AvgIpc) is 2.08. The van der Waals surface area contributed by atoms with Crippen molar-refractivity contribution in [2.24, 2.45) is 16.5 Å². The summed E-state index contributed by atoms with van der Waals surface area (Å²) in [4.78, 5) is 3.72. The summed E-state index contributed by atoms with van der Waals surface area (Å²) in [5, 5.41) is 3.18. The Kier molecular flexibility index (Phi) is 4.05. The van der Waals surface area contributed by atoms with Crippen molar-refractivity contribution >= 4 is 44.9 Å². The molecule has 5 N–H and O–H groups in total. The Balaban J connectivity index is 2.82. The van der Waals surface area contributed by atoms with Crippen LogP contribution in [0, 0.1) is 6.92 Å². The molecule has 0 aliphatic rings. The highest BCUT2D eigenvalue weighted by Gasteiger charge is 2.00. The number of thiocarbonyl (C=S) groups is 1. The van der Waals surface area contributed by atoms with Crippen molar-refractivity contribution in [3.05, 3.63) is 28.2 Å². The standard InChI is InChI=1S/C9H11BrN4S/c1-5-4-6(10)2-3-7(5)13-9(15)14-8(11)12/h2-4H,1H3,(H5,11,12,13,14,15). The second-order valence-corrected chi connectivity index (χ2v) is 4.23. The molecule has 0 aliphatic heterocycles.